The third kappa shape index (κ3) is 5.72. The van der Waals surface area contributed by atoms with Crippen LogP contribution >= 0.6 is 11.8 Å². The van der Waals surface area contributed by atoms with Crippen molar-refractivity contribution < 1.29 is 14.7 Å². The van der Waals surface area contributed by atoms with E-state index in [1.165, 1.54) is 4.90 Å². The van der Waals surface area contributed by atoms with Crippen molar-refractivity contribution in [3.05, 3.63) is 0 Å². The Hall–Kier alpha value is -0.910. The predicted molar refractivity (Wildman–Crippen MR) is 77.6 cm³/mol. The van der Waals surface area contributed by atoms with Crippen molar-refractivity contribution >= 4 is 23.8 Å². The molecule has 1 saturated carbocycles. The van der Waals surface area contributed by atoms with Crippen LogP contribution in [-0.2, 0) is 4.79 Å². The molecule has 19 heavy (non-hydrogen) atoms. The molecule has 1 rings (SSSR count). The van der Waals surface area contributed by atoms with E-state index in [1.807, 2.05) is 13.2 Å². The summed E-state index contributed by atoms with van der Waals surface area (Å²) in [6.45, 7) is 2.38. The summed E-state index contributed by atoms with van der Waals surface area (Å²) in [5.74, 6) is 0.553. The van der Waals surface area contributed by atoms with Crippen LogP contribution in [0.15, 0.2) is 0 Å². The highest BCUT2D eigenvalue weighted by atomic mass is 32.2. The lowest BCUT2D eigenvalue weighted by molar-refractivity contribution is -0.137. The monoisotopic (exact) mass is 288 g/mol. The smallest absolute Gasteiger partial charge is 0.323 e. The summed E-state index contributed by atoms with van der Waals surface area (Å²) in [5.41, 5.74) is 0. The molecule has 1 fully saturated rings. The highest BCUT2D eigenvalue weighted by Crippen LogP contribution is 2.30. The van der Waals surface area contributed by atoms with Gasteiger partial charge in [0.15, 0.2) is 0 Å². The summed E-state index contributed by atoms with van der Waals surface area (Å²) in [4.78, 5) is 26.3. The van der Waals surface area contributed by atoms with Crippen LogP contribution in [0.25, 0.3) is 0 Å². The molecular formula is C13H24N2O3S. The number of carboxylic acid groups (broad SMARTS) is 1. The summed E-state index contributed by atoms with van der Waals surface area (Å²) in [7, 11) is 1.76. The number of hydrogen-bond donors (Lipinski definition) is 1. The van der Waals surface area contributed by atoms with Gasteiger partial charge in [0.25, 0.3) is 0 Å². The van der Waals surface area contributed by atoms with E-state index in [0.717, 1.165) is 25.0 Å². The Bertz CT molecular complexity index is 321. The van der Waals surface area contributed by atoms with Crippen LogP contribution in [0.4, 0.5) is 4.79 Å². The largest absolute Gasteiger partial charge is 0.480 e. The van der Waals surface area contributed by atoms with Gasteiger partial charge in [-0.3, -0.25) is 4.79 Å². The maximum Gasteiger partial charge on any atom is 0.323 e. The normalized spacial score (nSPS) is 15.9. The molecule has 0 aromatic rings. The fraction of sp³-hybridized carbons (Fsp3) is 0.846. The zero-order chi connectivity index (χ0) is 14.4. The van der Waals surface area contributed by atoms with Gasteiger partial charge in [-0.15, -0.1) is 0 Å². The molecule has 1 N–H and O–H groups in total. The van der Waals surface area contributed by atoms with Crippen molar-refractivity contribution in [3.63, 3.8) is 0 Å². The quantitative estimate of drug-likeness (QED) is 0.742. The van der Waals surface area contributed by atoms with E-state index in [9.17, 15) is 9.59 Å². The van der Waals surface area contributed by atoms with Gasteiger partial charge in [0.05, 0.1) is 0 Å². The highest BCUT2D eigenvalue weighted by Gasteiger charge is 2.30. The van der Waals surface area contributed by atoms with Gasteiger partial charge in [-0.25, -0.2) is 4.79 Å². The molecule has 0 heterocycles. The number of carboxylic acids is 1. The minimum absolute atomic E-state index is 0.135. The first-order valence-electron chi connectivity index (χ1n) is 6.68. The van der Waals surface area contributed by atoms with E-state index >= 15 is 0 Å². The lowest BCUT2D eigenvalue weighted by atomic mass is 10.2. The summed E-state index contributed by atoms with van der Waals surface area (Å²) >= 11 is 1.75. The van der Waals surface area contributed by atoms with Crippen molar-refractivity contribution in [3.8, 4) is 0 Å². The van der Waals surface area contributed by atoms with Gasteiger partial charge < -0.3 is 14.9 Å². The zero-order valence-electron chi connectivity index (χ0n) is 12.0. The Morgan fingerprint density at radius 2 is 2.05 bits per heavy atom. The van der Waals surface area contributed by atoms with Crippen molar-refractivity contribution in [2.75, 3.05) is 32.1 Å². The molecule has 1 aliphatic carbocycles. The summed E-state index contributed by atoms with van der Waals surface area (Å²) in [6.07, 6.45) is 5.18. The second-order valence-electron chi connectivity index (χ2n) is 5.24. The molecule has 0 aromatic heterocycles. The van der Waals surface area contributed by atoms with Crippen LogP contribution in [0.1, 0.15) is 26.2 Å². The number of carbonyl (C=O) groups excluding carboxylic acids is 1. The lowest BCUT2D eigenvalue weighted by Gasteiger charge is -2.31. The fourth-order valence-electron chi connectivity index (χ4n) is 1.88. The number of rotatable bonds is 8. The third-order valence-electron chi connectivity index (χ3n) is 3.47. The second-order valence-corrected chi connectivity index (χ2v) is 6.23. The van der Waals surface area contributed by atoms with Crippen molar-refractivity contribution in [1.82, 2.24) is 9.80 Å². The van der Waals surface area contributed by atoms with Gasteiger partial charge in [-0.2, -0.15) is 11.8 Å². The van der Waals surface area contributed by atoms with E-state index in [2.05, 4.69) is 0 Å². The molecule has 0 bridgehead atoms. The zero-order valence-corrected chi connectivity index (χ0v) is 12.8. The minimum Gasteiger partial charge on any atom is -0.480 e. The number of carbonyl (C=O) groups is 2. The second kappa shape index (κ2) is 7.62. The van der Waals surface area contributed by atoms with Crippen LogP contribution < -0.4 is 0 Å². The molecule has 110 valence electrons. The molecule has 0 radical (unpaired) electrons. The maximum absolute atomic E-state index is 12.3. The minimum atomic E-state index is -0.945. The number of nitrogens with zero attached hydrogens (tertiary/aromatic N) is 2. The van der Waals surface area contributed by atoms with Crippen molar-refractivity contribution in [2.45, 2.75) is 32.2 Å². The van der Waals surface area contributed by atoms with E-state index in [4.69, 9.17) is 5.11 Å². The molecular weight excluding hydrogens is 264 g/mol. The first-order valence-corrected chi connectivity index (χ1v) is 8.07. The average Bonchev–Trinajstić information content (AvgIpc) is 3.16. The van der Waals surface area contributed by atoms with E-state index < -0.39 is 5.97 Å². The number of thioether (sulfide) groups is 1. The Balaban J connectivity index is 2.54. The third-order valence-corrected chi connectivity index (χ3v) is 4.12. The standard InChI is InChI=1S/C13H24N2O3S/c1-10(6-7-19-3)14(2)13(18)15(9-12(16)17)8-11-4-5-11/h10-11H,4-9H2,1-3H3,(H,16,17). The highest BCUT2D eigenvalue weighted by molar-refractivity contribution is 7.98. The number of urea groups is 1. The topological polar surface area (TPSA) is 60.9 Å². The Labute approximate surface area is 119 Å². The average molecular weight is 288 g/mol. The Kier molecular flexibility index (Phi) is 6.48. The Morgan fingerprint density at radius 3 is 2.53 bits per heavy atom. The van der Waals surface area contributed by atoms with Gasteiger partial charge in [0.2, 0.25) is 0 Å². The molecule has 2 amide bonds. The molecule has 1 unspecified atom stereocenters. The van der Waals surface area contributed by atoms with E-state index in [0.29, 0.717) is 12.5 Å². The van der Waals surface area contributed by atoms with Gasteiger partial charge in [-0.05, 0) is 44.1 Å². The van der Waals surface area contributed by atoms with Crippen molar-refractivity contribution in [1.29, 1.82) is 0 Å². The number of amides is 2. The molecule has 0 aliphatic heterocycles. The van der Waals surface area contributed by atoms with Crippen LogP contribution in [0, 0.1) is 5.92 Å². The summed E-state index contributed by atoms with van der Waals surface area (Å²) in [6, 6.07) is -0.0293. The van der Waals surface area contributed by atoms with Gasteiger partial charge in [0.1, 0.15) is 6.54 Å². The van der Waals surface area contributed by atoms with E-state index in [-0.39, 0.29) is 18.6 Å². The Morgan fingerprint density at radius 1 is 1.42 bits per heavy atom. The van der Waals surface area contributed by atoms with Crippen LogP contribution in [-0.4, -0.2) is 65.1 Å². The molecule has 0 spiro atoms. The molecule has 1 atom stereocenters. The summed E-state index contributed by atoms with van der Waals surface area (Å²) < 4.78 is 0. The molecule has 0 aromatic carbocycles. The molecule has 0 saturated heterocycles. The van der Waals surface area contributed by atoms with Gasteiger partial charge >= 0.3 is 12.0 Å². The fourth-order valence-corrected chi connectivity index (χ4v) is 2.46. The van der Waals surface area contributed by atoms with Crippen LogP contribution in [0.5, 0.6) is 0 Å². The lowest BCUT2D eigenvalue weighted by Crippen LogP contribution is -2.47. The van der Waals surface area contributed by atoms with Gasteiger partial charge in [-0.1, -0.05) is 0 Å². The van der Waals surface area contributed by atoms with E-state index in [1.54, 1.807) is 23.7 Å². The first-order chi connectivity index (χ1) is 8.95. The summed E-state index contributed by atoms with van der Waals surface area (Å²) in [5, 5.41) is 8.91. The first kappa shape index (κ1) is 16.1. The van der Waals surface area contributed by atoms with Crippen molar-refractivity contribution in [2.24, 2.45) is 5.92 Å². The predicted octanol–water partition coefficient (Wildman–Crippen LogP) is 1.98. The SMILES string of the molecule is CSCCC(C)N(C)C(=O)N(CC(=O)O)CC1CC1. The molecule has 6 heteroatoms. The van der Waals surface area contributed by atoms with Gasteiger partial charge in [0, 0.05) is 19.6 Å². The van der Waals surface area contributed by atoms with Crippen LogP contribution in [0.2, 0.25) is 0 Å². The maximum atomic E-state index is 12.3. The molecule has 1 aliphatic rings. The number of aliphatic carboxylic acids is 1. The van der Waals surface area contributed by atoms with Crippen LogP contribution in [0.3, 0.4) is 0 Å². The number of hydrogen-bond acceptors (Lipinski definition) is 3. The molecule has 5 nitrogen and oxygen atoms in total.